The smallest absolute Gasteiger partial charge is 0.321 e. The van der Waals surface area contributed by atoms with Gasteiger partial charge in [-0.15, -0.1) is 11.3 Å². The number of hydrogen-bond acceptors (Lipinski definition) is 6. The fourth-order valence-electron chi connectivity index (χ4n) is 3.67. The van der Waals surface area contributed by atoms with Crippen molar-refractivity contribution in [2.24, 2.45) is 5.92 Å². The summed E-state index contributed by atoms with van der Waals surface area (Å²) in [4.78, 5) is 43.4. The van der Waals surface area contributed by atoms with E-state index in [2.05, 4.69) is 22.5 Å². The molecule has 10 heteroatoms. The number of thiophene rings is 1. The number of carbonyl (C=O) groups excluding carboxylic acids is 2. The lowest BCUT2D eigenvalue weighted by molar-refractivity contribution is -0.117. The number of nitrogens with one attached hydrogen (secondary N) is 2. The van der Waals surface area contributed by atoms with Crippen molar-refractivity contribution in [1.82, 2.24) is 20.2 Å². The lowest BCUT2D eigenvalue weighted by Crippen LogP contribution is -2.38. The van der Waals surface area contributed by atoms with Crippen molar-refractivity contribution >= 4 is 45.3 Å². The van der Waals surface area contributed by atoms with Gasteiger partial charge < -0.3 is 5.32 Å². The molecule has 1 aliphatic rings. The first kappa shape index (κ1) is 21.5. The van der Waals surface area contributed by atoms with Crippen molar-refractivity contribution in [1.29, 1.82) is 0 Å². The SMILES string of the molecule is CNC(=O)NC(=O)CSc1nc2sc3c(c2c(=O)n1-c1ccccc1F)CCC(C)C3. The maximum atomic E-state index is 14.6. The first-order chi connectivity index (χ1) is 14.9. The van der Waals surface area contributed by atoms with E-state index in [-0.39, 0.29) is 22.2 Å². The van der Waals surface area contributed by atoms with Gasteiger partial charge in [0.25, 0.3) is 5.56 Å². The Morgan fingerprint density at radius 1 is 1.35 bits per heavy atom. The van der Waals surface area contributed by atoms with Crippen molar-refractivity contribution in [3.63, 3.8) is 0 Å². The monoisotopic (exact) mass is 460 g/mol. The molecule has 1 atom stereocenters. The van der Waals surface area contributed by atoms with Crippen molar-refractivity contribution in [2.75, 3.05) is 12.8 Å². The number of carbonyl (C=O) groups is 2. The number of aryl methyl sites for hydroxylation is 1. The molecule has 1 aliphatic carbocycles. The van der Waals surface area contributed by atoms with Gasteiger partial charge in [0.2, 0.25) is 5.91 Å². The molecular formula is C21H21FN4O3S2. The summed E-state index contributed by atoms with van der Waals surface area (Å²) in [6, 6.07) is 5.36. The largest absolute Gasteiger partial charge is 0.341 e. The number of hydrogen-bond donors (Lipinski definition) is 2. The number of urea groups is 1. The highest BCUT2D eigenvalue weighted by Gasteiger charge is 2.26. The Balaban J connectivity index is 1.83. The second-order valence-electron chi connectivity index (χ2n) is 7.43. The third-order valence-corrected chi connectivity index (χ3v) is 7.29. The minimum atomic E-state index is -0.624. The van der Waals surface area contributed by atoms with Crippen LogP contribution in [0.2, 0.25) is 0 Å². The van der Waals surface area contributed by atoms with Crippen molar-refractivity contribution in [2.45, 2.75) is 31.3 Å². The van der Waals surface area contributed by atoms with Crippen LogP contribution in [0.25, 0.3) is 15.9 Å². The summed E-state index contributed by atoms with van der Waals surface area (Å²) in [5.41, 5.74) is 0.756. The molecule has 0 radical (unpaired) electrons. The van der Waals surface area contributed by atoms with Crippen molar-refractivity contribution in [3.8, 4) is 5.69 Å². The van der Waals surface area contributed by atoms with Gasteiger partial charge in [0, 0.05) is 11.9 Å². The molecule has 0 bridgehead atoms. The highest BCUT2D eigenvalue weighted by atomic mass is 32.2. The number of fused-ring (bicyclic) bond motifs is 3. The van der Waals surface area contributed by atoms with E-state index >= 15 is 0 Å². The second kappa shape index (κ2) is 8.80. The maximum absolute atomic E-state index is 14.6. The van der Waals surface area contributed by atoms with Gasteiger partial charge in [-0.2, -0.15) is 0 Å². The lowest BCUT2D eigenvalue weighted by Gasteiger charge is -2.18. The van der Waals surface area contributed by atoms with Gasteiger partial charge in [-0.1, -0.05) is 30.8 Å². The van der Waals surface area contributed by atoms with Crippen molar-refractivity contribution < 1.29 is 14.0 Å². The van der Waals surface area contributed by atoms with Crippen LogP contribution in [0.15, 0.2) is 34.2 Å². The first-order valence-electron chi connectivity index (χ1n) is 9.85. The van der Waals surface area contributed by atoms with Crippen LogP contribution in [-0.2, 0) is 17.6 Å². The molecule has 0 saturated heterocycles. The minimum Gasteiger partial charge on any atom is -0.341 e. The Morgan fingerprint density at radius 2 is 2.13 bits per heavy atom. The van der Waals surface area contributed by atoms with Gasteiger partial charge in [0.1, 0.15) is 10.6 Å². The quantitative estimate of drug-likeness (QED) is 0.461. The molecule has 0 aliphatic heterocycles. The Kier molecular flexibility index (Phi) is 6.10. The number of benzene rings is 1. The highest BCUT2D eigenvalue weighted by molar-refractivity contribution is 7.99. The zero-order valence-corrected chi connectivity index (χ0v) is 18.7. The Labute approximate surface area is 186 Å². The number of para-hydroxylation sites is 1. The van der Waals surface area contributed by atoms with Crippen LogP contribution >= 0.6 is 23.1 Å². The molecule has 7 nitrogen and oxygen atoms in total. The van der Waals surface area contributed by atoms with Gasteiger partial charge in [-0.3, -0.25) is 19.5 Å². The van der Waals surface area contributed by atoms with E-state index < -0.39 is 17.8 Å². The number of thioether (sulfide) groups is 1. The number of amides is 3. The second-order valence-corrected chi connectivity index (χ2v) is 9.46. The Bertz CT molecular complexity index is 1240. The van der Waals surface area contributed by atoms with Gasteiger partial charge in [-0.25, -0.2) is 14.2 Å². The fourth-order valence-corrected chi connectivity index (χ4v) is 5.90. The van der Waals surface area contributed by atoms with Gasteiger partial charge in [0.15, 0.2) is 5.16 Å². The summed E-state index contributed by atoms with van der Waals surface area (Å²) in [5.74, 6) is -0.711. The summed E-state index contributed by atoms with van der Waals surface area (Å²) < 4.78 is 15.9. The van der Waals surface area contributed by atoms with Crippen LogP contribution in [0.1, 0.15) is 23.8 Å². The Hall–Kier alpha value is -2.72. The molecule has 31 heavy (non-hydrogen) atoms. The lowest BCUT2D eigenvalue weighted by atomic mass is 9.89. The molecule has 2 aromatic heterocycles. The zero-order chi connectivity index (χ0) is 22.1. The first-order valence-corrected chi connectivity index (χ1v) is 11.7. The maximum Gasteiger partial charge on any atom is 0.321 e. The highest BCUT2D eigenvalue weighted by Crippen LogP contribution is 2.37. The van der Waals surface area contributed by atoms with Gasteiger partial charge >= 0.3 is 6.03 Å². The van der Waals surface area contributed by atoms with Crippen LogP contribution in [0.5, 0.6) is 0 Å². The number of imide groups is 1. The number of rotatable bonds is 4. The van der Waals surface area contributed by atoms with Gasteiger partial charge in [0.05, 0.1) is 16.8 Å². The van der Waals surface area contributed by atoms with Crippen LogP contribution in [0.4, 0.5) is 9.18 Å². The predicted molar refractivity (Wildman–Crippen MR) is 120 cm³/mol. The molecule has 3 amide bonds. The average Bonchev–Trinajstić information content (AvgIpc) is 3.10. The Morgan fingerprint density at radius 3 is 2.87 bits per heavy atom. The molecule has 2 N–H and O–H groups in total. The van der Waals surface area contributed by atoms with E-state index in [4.69, 9.17) is 0 Å². The summed E-state index contributed by atoms with van der Waals surface area (Å²) in [6.45, 7) is 2.19. The molecule has 2 heterocycles. The molecular weight excluding hydrogens is 439 g/mol. The fraction of sp³-hybridized carbons (Fsp3) is 0.333. The van der Waals surface area contributed by atoms with Crippen LogP contribution in [0.3, 0.4) is 0 Å². The summed E-state index contributed by atoms with van der Waals surface area (Å²) in [7, 11) is 1.40. The summed E-state index contributed by atoms with van der Waals surface area (Å²) >= 11 is 2.48. The third-order valence-electron chi connectivity index (χ3n) is 5.20. The zero-order valence-electron chi connectivity index (χ0n) is 17.0. The topological polar surface area (TPSA) is 93.1 Å². The number of aromatic nitrogens is 2. The van der Waals surface area contributed by atoms with Crippen LogP contribution < -0.4 is 16.2 Å². The summed E-state index contributed by atoms with van der Waals surface area (Å²) in [6.07, 6.45) is 2.69. The molecule has 0 spiro atoms. The van der Waals surface area contributed by atoms with Crippen LogP contribution in [0, 0.1) is 11.7 Å². The van der Waals surface area contributed by atoms with E-state index in [1.165, 1.54) is 35.1 Å². The van der Waals surface area contributed by atoms with E-state index in [0.717, 1.165) is 41.5 Å². The standard InChI is InChI=1S/C21H21FN4O3S2/c1-11-7-8-12-15(9-11)31-18-17(12)19(28)26(14-6-4-3-5-13(14)22)21(25-18)30-10-16(27)24-20(29)23-2/h3-6,11H,7-10H2,1-2H3,(H2,23,24,27,29). The van der Waals surface area contributed by atoms with E-state index in [1.54, 1.807) is 12.1 Å². The molecule has 4 rings (SSSR count). The molecule has 3 aromatic rings. The molecule has 0 fully saturated rings. The number of halogens is 1. The molecule has 1 unspecified atom stereocenters. The van der Waals surface area contributed by atoms with E-state index in [1.807, 2.05) is 0 Å². The van der Waals surface area contributed by atoms with Crippen molar-refractivity contribution in [3.05, 3.63) is 50.9 Å². The van der Waals surface area contributed by atoms with Crippen LogP contribution in [-0.4, -0.2) is 34.3 Å². The third kappa shape index (κ3) is 4.22. The van der Waals surface area contributed by atoms with E-state index in [0.29, 0.717) is 16.1 Å². The number of nitrogens with zero attached hydrogens (tertiary/aromatic N) is 2. The molecule has 0 saturated carbocycles. The minimum absolute atomic E-state index is 0.0836. The molecule has 1 aromatic carbocycles. The van der Waals surface area contributed by atoms with E-state index in [9.17, 15) is 18.8 Å². The predicted octanol–water partition coefficient (Wildman–Crippen LogP) is 3.26. The van der Waals surface area contributed by atoms with Gasteiger partial charge in [-0.05, 0) is 42.9 Å². The molecule has 162 valence electrons. The normalized spacial score (nSPS) is 15.5. The average molecular weight is 461 g/mol. The summed E-state index contributed by atoms with van der Waals surface area (Å²) in [5, 5.41) is 5.22.